The van der Waals surface area contributed by atoms with Crippen LogP contribution in [-0.4, -0.2) is 9.88 Å². The molecule has 4 aromatic rings. The summed E-state index contributed by atoms with van der Waals surface area (Å²) >= 11 is 7.99. The standard InChI is InChI=1S/C12H11O2PS2.C7H5NS/c13-15(16,14-11-7-3-1-4-8-11)17-12-9-5-2-6-10-12;1-2-4-7-6(3-1)8-5-9-7/h1-10H,(H,13,16);1-5H. The molecule has 1 aromatic heterocycles. The van der Waals surface area contributed by atoms with Crippen molar-refractivity contribution in [3.05, 3.63) is 90.4 Å². The van der Waals surface area contributed by atoms with Crippen LogP contribution in [0.4, 0.5) is 0 Å². The zero-order valence-corrected chi connectivity index (χ0v) is 17.0. The fourth-order valence-corrected chi connectivity index (χ4v) is 6.27. The molecule has 0 saturated heterocycles. The smallest absolute Gasteiger partial charge is 0.299 e. The summed E-state index contributed by atoms with van der Waals surface area (Å²) < 4.78 is 6.71. The number of hydrogen-bond donors (Lipinski definition) is 1. The minimum Gasteiger partial charge on any atom is -0.436 e. The van der Waals surface area contributed by atoms with Gasteiger partial charge >= 0.3 is 0 Å². The Morgan fingerprint density at radius 1 is 0.885 bits per heavy atom. The van der Waals surface area contributed by atoms with Crippen LogP contribution in [0.25, 0.3) is 10.2 Å². The number of nitrogens with zero attached hydrogens (tertiary/aromatic N) is 1. The lowest BCUT2D eigenvalue weighted by atomic mass is 10.3. The molecule has 0 bridgehead atoms. The Hall–Kier alpha value is -1.69. The van der Waals surface area contributed by atoms with Gasteiger partial charge in [-0.1, -0.05) is 48.5 Å². The Labute approximate surface area is 165 Å². The number of rotatable bonds is 4. The molecule has 1 unspecified atom stereocenters. The summed E-state index contributed by atoms with van der Waals surface area (Å²) in [6.45, 7) is 0. The quantitative estimate of drug-likeness (QED) is 0.391. The van der Waals surface area contributed by atoms with E-state index in [0.29, 0.717) is 5.75 Å². The van der Waals surface area contributed by atoms with Crippen LogP contribution in [0.15, 0.2) is 95.3 Å². The molecule has 0 aliphatic rings. The first-order valence-electron chi connectivity index (χ1n) is 7.73. The van der Waals surface area contributed by atoms with Crippen molar-refractivity contribution in [2.45, 2.75) is 4.90 Å². The van der Waals surface area contributed by atoms with Gasteiger partial charge in [0.05, 0.1) is 15.7 Å². The second-order valence-electron chi connectivity index (χ2n) is 5.10. The van der Waals surface area contributed by atoms with Crippen LogP contribution in [0, 0.1) is 0 Å². The summed E-state index contributed by atoms with van der Waals surface area (Å²) in [5.74, 6) is 0.599. The molecule has 132 valence electrons. The van der Waals surface area contributed by atoms with Gasteiger partial charge in [0.1, 0.15) is 5.75 Å². The highest BCUT2D eigenvalue weighted by Crippen LogP contribution is 2.58. The number of fused-ring (bicyclic) bond motifs is 1. The van der Waals surface area contributed by atoms with Crippen molar-refractivity contribution in [1.82, 2.24) is 4.98 Å². The average molecular weight is 418 g/mol. The van der Waals surface area contributed by atoms with Crippen LogP contribution in [-0.2, 0) is 11.8 Å². The first kappa shape index (κ1) is 19.1. The second kappa shape index (κ2) is 9.31. The van der Waals surface area contributed by atoms with E-state index in [1.54, 1.807) is 23.5 Å². The lowest BCUT2D eigenvalue weighted by Crippen LogP contribution is -1.87. The SMILES string of the molecule is OP(=S)(Oc1ccccc1)Sc1ccccc1.c1ccc2scnc2c1. The molecule has 26 heavy (non-hydrogen) atoms. The molecule has 0 aliphatic heterocycles. The largest absolute Gasteiger partial charge is 0.436 e. The Bertz CT molecular complexity index is 918. The third-order valence-corrected chi connectivity index (χ3v) is 7.57. The predicted octanol–water partition coefficient (Wildman–Crippen LogP) is 6.37. The maximum Gasteiger partial charge on any atom is 0.299 e. The van der Waals surface area contributed by atoms with E-state index in [4.69, 9.17) is 16.3 Å². The third kappa shape index (κ3) is 5.94. The van der Waals surface area contributed by atoms with Crippen LogP contribution in [0.2, 0.25) is 0 Å². The molecule has 0 aliphatic carbocycles. The summed E-state index contributed by atoms with van der Waals surface area (Å²) in [6, 6.07) is 26.8. The molecule has 1 atom stereocenters. The van der Waals surface area contributed by atoms with E-state index in [1.165, 1.54) is 16.1 Å². The van der Waals surface area contributed by atoms with E-state index >= 15 is 0 Å². The van der Waals surface area contributed by atoms with Gasteiger partial charge in [0.25, 0.3) is 5.69 Å². The Balaban J connectivity index is 0.000000181. The van der Waals surface area contributed by atoms with Crippen molar-refractivity contribution in [3.8, 4) is 5.75 Å². The minimum absolute atomic E-state index is 0.599. The van der Waals surface area contributed by atoms with Gasteiger partial charge in [-0.3, -0.25) is 0 Å². The highest BCUT2D eigenvalue weighted by molar-refractivity contribution is 8.67. The van der Waals surface area contributed by atoms with Crippen LogP contribution in [0.3, 0.4) is 0 Å². The number of benzene rings is 3. The Kier molecular flexibility index (Phi) is 6.83. The van der Waals surface area contributed by atoms with E-state index in [-0.39, 0.29) is 0 Å². The van der Waals surface area contributed by atoms with Gasteiger partial charge in [-0.15, -0.1) is 11.3 Å². The number of hydrogen-bond acceptors (Lipinski definition) is 5. The van der Waals surface area contributed by atoms with E-state index < -0.39 is 5.69 Å². The molecule has 1 N–H and O–H groups in total. The van der Waals surface area contributed by atoms with Gasteiger partial charge in [0.2, 0.25) is 0 Å². The average Bonchev–Trinajstić information content (AvgIpc) is 3.12. The Morgan fingerprint density at radius 3 is 2.19 bits per heavy atom. The maximum atomic E-state index is 10.1. The fourth-order valence-electron chi connectivity index (χ4n) is 2.05. The van der Waals surface area contributed by atoms with Crippen molar-refractivity contribution in [3.63, 3.8) is 0 Å². The highest BCUT2D eigenvalue weighted by atomic mass is 32.9. The van der Waals surface area contributed by atoms with Crippen LogP contribution in [0.1, 0.15) is 0 Å². The number of para-hydroxylation sites is 2. The van der Waals surface area contributed by atoms with Crippen molar-refractivity contribution < 1.29 is 9.42 Å². The van der Waals surface area contributed by atoms with Gasteiger partial charge < -0.3 is 9.42 Å². The molecule has 0 radical (unpaired) electrons. The van der Waals surface area contributed by atoms with E-state index in [9.17, 15) is 4.89 Å². The monoisotopic (exact) mass is 417 g/mol. The van der Waals surface area contributed by atoms with Crippen molar-refractivity contribution >= 4 is 50.4 Å². The molecular formula is C19H16NO2PS3. The Morgan fingerprint density at radius 2 is 1.50 bits per heavy atom. The lowest BCUT2D eigenvalue weighted by Gasteiger charge is -2.15. The van der Waals surface area contributed by atoms with E-state index in [0.717, 1.165) is 10.4 Å². The molecule has 3 aromatic carbocycles. The first-order chi connectivity index (χ1) is 12.6. The van der Waals surface area contributed by atoms with Crippen LogP contribution >= 0.6 is 28.4 Å². The highest BCUT2D eigenvalue weighted by Gasteiger charge is 2.17. The normalized spacial score (nSPS) is 12.7. The molecule has 3 nitrogen and oxygen atoms in total. The van der Waals surface area contributed by atoms with E-state index in [1.807, 2.05) is 72.2 Å². The molecule has 0 saturated carbocycles. The van der Waals surface area contributed by atoms with Crippen LogP contribution in [0.5, 0.6) is 5.75 Å². The van der Waals surface area contributed by atoms with Crippen molar-refractivity contribution in [2.24, 2.45) is 0 Å². The van der Waals surface area contributed by atoms with Crippen molar-refractivity contribution in [1.29, 1.82) is 0 Å². The molecular weight excluding hydrogens is 401 g/mol. The maximum absolute atomic E-state index is 10.1. The van der Waals surface area contributed by atoms with Gasteiger partial charge in [-0.25, -0.2) is 4.98 Å². The number of aromatic nitrogens is 1. The lowest BCUT2D eigenvalue weighted by molar-refractivity contribution is 0.504. The minimum atomic E-state index is -2.89. The van der Waals surface area contributed by atoms with E-state index in [2.05, 4.69) is 11.1 Å². The van der Waals surface area contributed by atoms with Gasteiger partial charge in [0, 0.05) is 4.90 Å². The summed E-state index contributed by atoms with van der Waals surface area (Å²) in [4.78, 5) is 15.1. The summed E-state index contributed by atoms with van der Waals surface area (Å²) in [5.41, 5.74) is 0.0790. The predicted molar refractivity (Wildman–Crippen MR) is 115 cm³/mol. The van der Waals surface area contributed by atoms with Gasteiger partial charge in [0.15, 0.2) is 0 Å². The van der Waals surface area contributed by atoms with Gasteiger partial charge in [-0.05, 0) is 59.6 Å². The summed E-state index contributed by atoms with van der Waals surface area (Å²) in [5, 5.41) is 0. The van der Waals surface area contributed by atoms with Crippen LogP contribution < -0.4 is 4.52 Å². The zero-order chi connectivity index (χ0) is 18.2. The molecule has 4 rings (SSSR count). The molecule has 0 fully saturated rings. The van der Waals surface area contributed by atoms with Crippen molar-refractivity contribution in [2.75, 3.05) is 0 Å². The molecule has 0 spiro atoms. The second-order valence-corrected chi connectivity index (χ2v) is 12.0. The fraction of sp³-hybridized carbons (Fsp3) is 0. The summed E-state index contributed by atoms with van der Waals surface area (Å²) in [6.07, 6.45) is 0. The summed E-state index contributed by atoms with van der Waals surface area (Å²) in [7, 11) is 0. The topological polar surface area (TPSA) is 42.4 Å². The van der Waals surface area contributed by atoms with Gasteiger partial charge in [-0.2, -0.15) is 0 Å². The third-order valence-electron chi connectivity index (χ3n) is 3.16. The first-order valence-corrected chi connectivity index (χ1v) is 12.7. The molecule has 7 heteroatoms. The molecule has 1 heterocycles. The number of thiazole rings is 1. The molecule has 0 amide bonds. The zero-order valence-electron chi connectivity index (χ0n) is 13.6.